The minimum absolute atomic E-state index is 0.152. The Morgan fingerprint density at radius 3 is 2.19 bits per heavy atom. The minimum Gasteiger partial charge on any atom is -0.500 e. The average Bonchev–Trinajstić information content (AvgIpc) is 2.95. The van der Waals surface area contributed by atoms with Gasteiger partial charge in [-0.05, 0) is 18.4 Å². The molecule has 21 heavy (non-hydrogen) atoms. The summed E-state index contributed by atoms with van der Waals surface area (Å²) in [4.78, 5) is 13.0. The highest BCUT2D eigenvalue weighted by molar-refractivity contribution is 5.99. The van der Waals surface area contributed by atoms with E-state index in [0.717, 1.165) is 37.0 Å². The molecule has 2 nitrogen and oxygen atoms in total. The van der Waals surface area contributed by atoms with Gasteiger partial charge in [0.15, 0.2) is 5.78 Å². The van der Waals surface area contributed by atoms with Crippen LogP contribution < -0.4 is 0 Å². The summed E-state index contributed by atoms with van der Waals surface area (Å²) >= 11 is 0. The first-order chi connectivity index (χ1) is 9.90. The Bertz CT molecular complexity index is 514. The Labute approximate surface area is 128 Å². The lowest BCUT2D eigenvalue weighted by atomic mass is 9.74. The lowest BCUT2D eigenvalue weighted by Crippen LogP contribution is -2.32. The molecule has 0 atom stereocenters. The average molecular weight is 286 g/mol. The van der Waals surface area contributed by atoms with E-state index in [0.29, 0.717) is 0 Å². The maximum absolute atomic E-state index is 13.0. The zero-order valence-corrected chi connectivity index (χ0v) is 13.6. The number of hydrogen-bond donors (Lipinski definition) is 0. The molecule has 1 saturated carbocycles. The van der Waals surface area contributed by atoms with Crippen molar-refractivity contribution in [3.05, 3.63) is 47.7 Å². The molecular formula is C19H26O2. The third kappa shape index (κ3) is 3.20. The van der Waals surface area contributed by atoms with Gasteiger partial charge in [0.2, 0.25) is 0 Å². The third-order valence-corrected chi connectivity index (χ3v) is 4.48. The van der Waals surface area contributed by atoms with Crippen LogP contribution in [0.2, 0.25) is 0 Å². The first-order valence-electron chi connectivity index (χ1n) is 7.76. The normalized spacial score (nSPS) is 18.6. The molecule has 1 aliphatic rings. The van der Waals surface area contributed by atoms with E-state index >= 15 is 0 Å². The third-order valence-electron chi connectivity index (χ3n) is 4.48. The van der Waals surface area contributed by atoms with Gasteiger partial charge in [-0.1, -0.05) is 63.9 Å². The molecule has 0 amide bonds. The minimum atomic E-state index is -0.351. The summed E-state index contributed by atoms with van der Waals surface area (Å²) in [5.41, 5.74) is 0.644. The Morgan fingerprint density at radius 1 is 1.14 bits per heavy atom. The molecule has 0 N–H and O–H groups in total. The molecule has 0 heterocycles. The molecule has 1 aromatic carbocycles. The van der Waals surface area contributed by atoms with E-state index in [1.807, 2.05) is 18.2 Å². The monoisotopic (exact) mass is 286 g/mol. The highest BCUT2D eigenvalue weighted by Gasteiger charge is 2.41. The largest absolute Gasteiger partial charge is 0.500 e. The summed E-state index contributed by atoms with van der Waals surface area (Å²) in [7, 11) is 1.65. The predicted octanol–water partition coefficient (Wildman–Crippen LogP) is 4.64. The second-order valence-electron chi connectivity index (χ2n) is 6.98. The van der Waals surface area contributed by atoms with Gasteiger partial charge in [-0.2, -0.15) is 0 Å². The van der Waals surface area contributed by atoms with Crippen LogP contribution >= 0.6 is 0 Å². The molecule has 2 rings (SSSR count). The molecular weight excluding hydrogens is 260 g/mol. The van der Waals surface area contributed by atoms with E-state index in [9.17, 15) is 4.79 Å². The van der Waals surface area contributed by atoms with E-state index in [-0.39, 0.29) is 16.6 Å². The van der Waals surface area contributed by atoms with Crippen molar-refractivity contribution in [1.82, 2.24) is 0 Å². The number of methoxy groups -OCH3 is 1. The van der Waals surface area contributed by atoms with Crippen LogP contribution in [0.3, 0.4) is 0 Å². The fourth-order valence-electron chi connectivity index (χ4n) is 3.25. The van der Waals surface area contributed by atoms with Crippen molar-refractivity contribution < 1.29 is 9.53 Å². The smallest absolute Gasteiger partial charge is 0.169 e. The van der Waals surface area contributed by atoms with E-state index in [1.54, 1.807) is 13.2 Å². The van der Waals surface area contributed by atoms with Gasteiger partial charge in [0.05, 0.1) is 12.5 Å². The van der Waals surface area contributed by atoms with Crippen LogP contribution in [0, 0.1) is 5.41 Å². The van der Waals surface area contributed by atoms with Crippen molar-refractivity contribution in [2.75, 3.05) is 7.11 Å². The van der Waals surface area contributed by atoms with Gasteiger partial charge in [0.1, 0.15) is 5.76 Å². The van der Waals surface area contributed by atoms with Crippen molar-refractivity contribution in [3.63, 3.8) is 0 Å². The molecule has 1 aliphatic carbocycles. The van der Waals surface area contributed by atoms with Crippen LogP contribution in [0.4, 0.5) is 0 Å². The van der Waals surface area contributed by atoms with Gasteiger partial charge >= 0.3 is 0 Å². The van der Waals surface area contributed by atoms with Gasteiger partial charge in [-0.25, -0.2) is 0 Å². The second kappa shape index (κ2) is 6.05. The Kier molecular flexibility index (Phi) is 4.55. The number of ketones is 1. The number of hydrogen-bond acceptors (Lipinski definition) is 2. The number of carbonyl (C=O) groups is 1. The maximum atomic E-state index is 13.0. The first-order valence-corrected chi connectivity index (χ1v) is 7.76. The second-order valence-corrected chi connectivity index (χ2v) is 6.98. The fourth-order valence-corrected chi connectivity index (χ4v) is 3.25. The molecule has 0 aromatic heterocycles. The Morgan fingerprint density at radius 2 is 1.71 bits per heavy atom. The molecule has 2 heteroatoms. The summed E-state index contributed by atoms with van der Waals surface area (Å²) in [5.74, 6) is 0.952. The van der Waals surface area contributed by atoms with E-state index < -0.39 is 0 Å². The van der Waals surface area contributed by atoms with Crippen molar-refractivity contribution >= 4 is 5.78 Å². The fraction of sp³-hybridized carbons (Fsp3) is 0.526. The van der Waals surface area contributed by atoms with Crippen molar-refractivity contribution in [2.24, 2.45) is 5.41 Å². The standard InChI is InChI=1S/C19H26O2/c1-18(2,3)17(21-4)14-16(20)19(12-8-9-13-19)15-10-6-5-7-11-15/h5-7,10-11,14H,8-9,12-13H2,1-4H3. The van der Waals surface area contributed by atoms with Crippen molar-refractivity contribution in [1.29, 1.82) is 0 Å². The number of allylic oxidation sites excluding steroid dienone is 2. The molecule has 1 aromatic rings. The Hall–Kier alpha value is -1.57. The summed E-state index contributed by atoms with van der Waals surface area (Å²) in [5, 5.41) is 0. The van der Waals surface area contributed by atoms with E-state index in [1.165, 1.54) is 0 Å². The zero-order chi connectivity index (χ0) is 15.5. The summed E-state index contributed by atoms with van der Waals surface area (Å²) < 4.78 is 5.47. The molecule has 0 saturated heterocycles. The first kappa shape index (κ1) is 15.8. The van der Waals surface area contributed by atoms with Gasteiger partial charge in [-0.15, -0.1) is 0 Å². The van der Waals surface area contributed by atoms with Crippen LogP contribution in [0.5, 0.6) is 0 Å². The molecule has 0 spiro atoms. The van der Waals surface area contributed by atoms with Crippen LogP contribution in [0.1, 0.15) is 52.0 Å². The number of ether oxygens (including phenoxy) is 1. The van der Waals surface area contributed by atoms with Crippen molar-refractivity contribution in [3.8, 4) is 0 Å². The van der Waals surface area contributed by atoms with Crippen LogP contribution in [0.15, 0.2) is 42.2 Å². The van der Waals surface area contributed by atoms with E-state index in [4.69, 9.17) is 4.74 Å². The van der Waals surface area contributed by atoms with Gasteiger partial charge in [0.25, 0.3) is 0 Å². The predicted molar refractivity (Wildman–Crippen MR) is 86.1 cm³/mol. The topological polar surface area (TPSA) is 26.3 Å². The van der Waals surface area contributed by atoms with Crippen LogP contribution in [0.25, 0.3) is 0 Å². The number of carbonyl (C=O) groups excluding carboxylic acids is 1. The lowest BCUT2D eigenvalue weighted by Gasteiger charge is -2.28. The highest BCUT2D eigenvalue weighted by Crippen LogP contribution is 2.43. The Balaban J connectivity index is 2.40. The summed E-state index contributed by atoms with van der Waals surface area (Å²) in [6, 6.07) is 10.2. The number of rotatable bonds is 4. The van der Waals surface area contributed by atoms with Crippen LogP contribution in [-0.4, -0.2) is 12.9 Å². The molecule has 114 valence electrons. The molecule has 0 aliphatic heterocycles. The lowest BCUT2D eigenvalue weighted by molar-refractivity contribution is -0.120. The van der Waals surface area contributed by atoms with Gasteiger partial charge in [-0.3, -0.25) is 4.79 Å². The summed E-state index contributed by atoms with van der Waals surface area (Å²) in [6.07, 6.45) is 5.85. The summed E-state index contributed by atoms with van der Waals surface area (Å²) in [6.45, 7) is 6.21. The quantitative estimate of drug-likeness (QED) is 0.595. The zero-order valence-electron chi connectivity index (χ0n) is 13.6. The SMILES string of the molecule is COC(=CC(=O)C1(c2ccccc2)CCCC1)C(C)(C)C. The molecule has 0 bridgehead atoms. The molecule has 0 radical (unpaired) electrons. The van der Waals surface area contributed by atoms with Crippen LogP contribution in [-0.2, 0) is 14.9 Å². The highest BCUT2D eigenvalue weighted by atomic mass is 16.5. The van der Waals surface area contributed by atoms with E-state index in [2.05, 4.69) is 32.9 Å². The molecule has 1 fully saturated rings. The maximum Gasteiger partial charge on any atom is 0.169 e. The van der Waals surface area contributed by atoms with Gasteiger partial charge < -0.3 is 4.74 Å². The van der Waals surface area contributed by atoms with Crippen molar-refractivity contribution in [2.45, 2.75) is 51.9 Å². The van der Waals surface area contributed by atoms with Gasteiger partial charge in [0, 0.05) is 11.5 Å². The molecule has 0 unspecified atom stereocenters. The number of benzene rings is 1.